The van der Waals surface area contributed by atoms with Gasteiger partial charge in [0.2, 0.25) is 5.91 Å². The van der Waals surface area contributed by atoms with Crippen LogP contribution in [-0.4, -0.2) is 37.8 Å². The molecule has 6 nitrogen and oxygen atoms in total. The molecule has 0 aromatic carbocycles. The molecule has 0 saturated carbocycles. The summed E-state index contributed by atoms with van der Waals surface area (Å²) < 4.78 is 18.2. The molecular formula is C6H16N3O3P. The average molecular weight is 209 g/mol. The van der Waals surface area contributed by atoms with Crippen molar-refractivity contribution in [1.29, 1.82) is 0 Å². The van der Waals surface area contributed by atoms with E-state index in [1.807, 2.05) is 0 Å². The van der Waals surface area contributed by atoms with Gasteiger partial charge in [-0.1, -0.05) is 0 Å². The molecule has 78 valence electrons. The van der Waals surface area contributed by atoms with E-state index in [0.29, 0.717) is 6.61 Å². The van der Waals surface area contributed by atoms with Crippen LogP contribution in [0.15, 0.2) is 0 Å². The van der Waals surface area contributed by atoms with E-state index in [4.69, 9.17) is 10.3 Å². The summed E-state index contributed by atoms with van der Waals surface area (Å²) in [5.41, 5.74) is 4.90. The van der Waals surface area contributed by atoms with E-state index < -0.39 is 13.6 Å². The zero-order valence-corrected chi connectivity index (χ0v) is 9.01. The smallest absolute Gasteiger partial charge is 0.343 e. The van der Waals surface area contributed by atoms with Crippen molar-refractivity contribution in [3.63, 3.8) is 0 Å². The first-order valence-corrected chi connectivity index (χ1v) is 5.46. The molecule has 0 rings (SSSR count). The molecule has 0 saturated heterocycles. The Kier molecular flexibility index (Phi) is 5.17. The van der Waals surface area contributed by atoms with Crippen molar-refractivity contribution in [2.45, 2.75) is 6.92 Å². The number of amides is 1. The number of nitrogens with zero attached hydrogens (tertiary/aromatic N) is 1. The van der Waals surface area contributed by atoms with Crippen molar-refractivity contribution in [2.75, 3.05) is 27.2 Å². The second kappa shape index (κ2) is 5.34. The van der Waals surface area contributed by atoms with E-state index in [1.54, 1.807) is 21.0 Å². The molecule has 0 heterocycles. The van der Waals surface area contributed by atoms with Gasteiger partial charge in [-0.15, -0.1) is 0 Å². The molecule has 0 spiro atoms. The molecule has 7 heteroatoms. The maximum Gasteiger partial charge on any atom is 0.343 e. The van der Waals surface area contributed by atoms with E-state index in [0.717, 1.165) is 0 Å². The van der Waals surface area contributed by atoms with Gasteiger partial charge in [0.05, 0.1) is 13.2 Å². The molecule has 13 heavy (non-hydrogen) atoms. The molecule has 1 unspecified atom stereocenters. The Balaban J connectivity index is 4.25. The number of hydrogen-bond donors (Lipinski definition) is 2. The van der Waals surface area contributed by atoms with E-state index in [9.17, 15) is 9.36 Å². The molecule has 1 atom stereocenters. The second-order valence-electron chi connectivity index (χ2n) is 2.59. The molecule has 0 aliphatic rings. The fourth-order valence-electron chi connectivity index (χ4n) is 0.655. The van der Waals surface area contributed by atoms with Crippen molar-refractivity contribution in [3.8, 4) is 0 Å². The second-order valence-corrected chi connectivity index (χ2v) is 5.00. The van der Waals surface area contributed by atoms with Gasteiger partial charge in [0.15, 0.2) is 0 Å². The Labute approximate surface area is 78.0 Å². The normalized spacial score (nSPS) is 15.7. The molecule has 0 bridgehead atoms. The largest absolute Gasteiger partial charge is 0.369 e. The molecule has 0 aromatic heterocycles. The first-order valence-electron chi connectivity index (χ1n) is 3.88. The van der Waals surface area contributed by atoms with Crippen molar-refractivity contribution in [2.24, 2.45) is 5.73 Å². The van der Waals surface area contributed by atoms with Crippen LogP contribution in [0.5, 0.6) is 0 Å². The Morgan fingerprint density at radius 1 is 1.62 bits per heavy atom. The van der Waals surface area contributed by atoms with Crippen molar-refractivity contribution in [3.05, 3.63) is 0 Å². The zero-order chi connectivity index (χ0) is 10.5. The van der Waals surface area contributed by atoms with Gasteiger partial charge < -0.3 is 10.3 Å². The third kappa shape index (κ3) is 4.38. The van der Waals surface area contributed by atoms with E-state index in [1.165, 1.54) is 4.67 Å². The summed E-state index contributed by atoms with van der Waals surface area (Å²) in [7, 11) is 0.141. The van der Waals surface area contributed by atoms with Crippen LogP contribution in [0.2, 0.25) is 0 Å². The number of carbonyl (C=O) groups excluding carboxylic acids is 1. The molecule has 1 amide bonds. The summed E-state index contributed by atoms with van der Waals surface area (Å²) in [5.74, 6) is -0.568. The Bertz CT molecular complexity index is 219. The van der Waals surface area contributed by atoms with Crippen LogP contribution in [0.1, 0.15) is 6.92 Å². The first-order chi connectivity index (χ1) is 5.92. The van der Waals surface area contributed by atoms with Crippen LogP contribution in [0, 0.1) is 0 Å². The lowest BCUT2D eigenvalue weighted by Crippen LogP contribution is -2.31. The summed E-state index contributed by atoms with van der Waals surface area (Å²) in [6, 6.07) is 0. The van der Waals surface area contributed by atoms with E-state index in [-0.39, 0.29) is 6.54 Å². The quantitative estimate of drug-likeness (QED) is 0.590. The number of nitrogens with two attached hydrogens (primary N) is 1. The highest BCUT2D eigenvalue weighted by Crippen LogP contribution is 2.43. The molecule has 0 aliphatic heterocycles. The SMILES string of the molecule is CCOP(=O)(NCC(N)=O)N(C)C. The maximum atomic E-state index is 11.8. The summed E-state index contributed by atoms with van der Waals surface area (Å²) in [6.45, 7) is 1.87. The minimum absolute atomic E-state index is 0.157. The van der Waals surface area contributed by atoms with Crippen LogP contribution in [0.4, 0.5) is 0 Å². The fourth-order valence-corrected chi connectivity index (χ4v) is 1.97. The number of nitrogens with one attached hydrogen (secondary N) is 1. The highest BCUT2D eigenvalue weighted by atomic mass is 31.2. The van der Waals surface area contributed by atoms with Crippen molar-refractivity contribution >= 4 is 13.6 Å². The van der Waals surface area contributed by atoms with Crippen LogP contribution in [-0.2, 0) is 13.9 Å². The number of rotatable bonds is 6. The van der Waals surface area contributed by atoms with Crippen LogP contribution in [0.3, 0.4) is 0 Å². The first kappa shape index (κ1) is 12.6. The predicted octanol–water partition coefficient (Wildman–Crippen LogP) is -0.232. The minimum atomic E-state index is -3.06. The molecule has 0 aliphatic carbocycles. The van der Waals surface area contributed by atoms with Crippen molar-refractivity contribution in [1.82, 2.24) is 9.76 Å². The van der Waals surface area contributed by atoms with Gasteiger partial charge >= 0.3 is 7.67 Å². The topological polar surface area (TPSA) is 84.7 Å². The number of primary amides is 1. The third-order valence-corrected chi connectivity index (χ3v) is 3.50. The van der Waals surface area contributed by atoms with Crippen molar-refractivity contribution < 1.29 is 13.9 Å². The van der Waals surface area contributed by atoms with Gasteiger partial charge in [-0.3, -0.25) is 9.36 Å². The summed E-state index contributed by atoms with van der Waals surface area (Å²) >= 11 is 0. The zero-order valence-electron chi connectivity index (χ0n) is 8.11. The summed E-state index contributed by atoms with van der Waals surface area (Å²) in [4.78, 5) is 10.4. The Hall–Kier alpha value is -0.420. The molecule has 0 aromatic rings. The lowest BCUT2D eigenvalue weighted by molar-refractivity contribution is -0.117. The monoisotopic (exact) mass is 209 g/mol. The van der Waals surface area contributed by atoms with Gasteiger partial charge in [-0.2, -0.15) is 0 Å². The van der Waals surface area contributed by atoms with Gasteiger partial charge in [-0.25, -0.2) is 9.76 Å². The van der Waals surface area contributed by atoms with E-state index in [2.05, 4.69) is 5.09 Å². The van der Waals surface area contributed by atoms with Crippen LogP contribution in [0.25, 0.3) is 0 Å². The highest BCUT2D eigenvalue weighted by molar-refractivity contribution is 7.54. The van der Waals surface area contributed by atoms with E-state index >= 15 is 0 Å². The molecule has 0 fully saturated rings. The number of carbonyl (C=O) groups is 1. The molecular weight excluding hydrogens is 193 g/mol. The van der Waals surface area contributed by atoms with Gasteiger partial charge in [0.1, 0.15) is 0 Å². The standard InChI is InChI=1S/C6H16N3O3P/c1-4-12-13(11,9(2)3)8-5-6(7)10/h4-5H2,1-3H3,(H2,7,10)(H,8,11). The fraction of sp³-hybridized carbons (Fsp3) is 0.833. The summed E-state index contributed by atoms with van der Waals surface area (Å²) in [6.07, 6.45) is 0. The highest BCUT2D eigenvalue weighted by Gasteiger charge is 2.25. The average Bonchev–Trinajstić information content (AvgIpc) is 2.01. The molecule has 0 radical (unpaired) electrons. The predicted molar refractivity (Wildman–Crippen MR) is 50.1 cm³/mol. The van der Waals surface area contributed by atoms with Crippen LogP contribution >= 0.6 is 7.67 Å². The lowest BCUT2D eigenvalue weighted by atomic mass is 10.7. The lowest BCUT2D eigenvalue weighted by Gasteiger charge is -2.23. The third-order valence-electron chi connectivity index (χ3n) is 1.28. The molecule has 3 N–H and O–H groups in total. The Morgan fingerprint density at radius 2 is 2.15 bits per heavy atom. The number of hydrogen-bond acceptors (Lipinski definition) is 3. The Morgan fingerprint density at radius 3 is 2.46 bits per heavy atom. The van der Waals surface area contributed by atoms with Gasteiger partial charge in [0, 0.05) is 0 Å². The van der Waals surface area contributed by atoms with Gasteiger partial charge in [-0.05, 0) is 21.0 Å². The minimum Gasteiger partial charge on any atom is -0.369 e. The maximum absolute atomic E-state index is 11.8. The van der Waals surface area contributed by atoms with Crippen LogP contribution < -0.4 is 10.8 Å². The van der Waals surface area contributed by atoms with Gasteiger partial charge in [0.25, 0.3) is 0 Å². The summed E-state index contributed by atoms with van der Waals surface area (Å²) in [5, 5.41) is 2.48.